The molecular weight excluding hydrogens is 410 g/mol. The van der Waals surface area contributed by atoms with Crippen molar-refractivity contribution >= 4 is 11.9 Å². The van der Waals surface area contributed by atoms with Crippen LogP contribution in [0.1, 0.15) is 47.9 Å². The highest BCUT2D eigenvalue weighted by Crippen LogP contribution is 2.41. The SMILES string of the molecule is COC(=O)C[C@H]1c2cc(OC)c(OC)cc2CCN1C(=O)C[C@@H]1CCOc2ccccc21. The lowest BCUT2D eigenvalue weighted by molar-refractivity contribution is -0.144. The quantitative estimate of drug-likeness (QED) is 0.640. The molecule has 2 heterocycles. The van der Waals surface area contributed by atoms with Gasteiger partial charge in [-0.1, -0.05) is 18.2 Å². The molecule has 0 N–H and O–H groups in total. The predicted octanol–water partition coefficient (Wildman–Crippen LogP) is 3.65. The van der Waals surface area contributed by atoms with Crippen molar-refractivity contribution < 1.29 is 28.5 Å². The summed E-state index contributed by atoms with van der Waals surface area (Å²) in [4.78, 5) is 27.6. The van der Waals surface area contributed by atoms with Gasteiger partial charge in [-0.3, -0.25) is 9.59 Å². The predicted molar refractivity (Wildman–Crippen MR) is 118 cm³/mol. The highest BCUT2D eigenvalue weighted by molar-refractivity contribution is 5.80. The average Bonchev–Trinajstić information content (AvgIpc) is 2.83. The molecule has 2 aromatic rings. The van der Waals surface area contributed by atoms with E-state index in [1.165, 1.54) is 7.11 Å². The second-order valence-corrected chi connectivity index (χ2v) is 8.12. The Balaban J connectivity index is 1.63. The van der Waals surface area contributed by atoms with Gasteiger partial charge in [-0.25, -0.2) is 0 Å². The Kier molecular flexibility index (Phi) is 6.53. The molecular formula is C25H29NO6. The molecule has 0 saturated carbocycles. The van der Waals surface area contributed by atoms with Crippen LogP contribution in [-0.2, 0) is 20.7 Å². The number of nitrogens with zero attached hydrogens (tertiary/aromatic N) is 1. The lowest BCUT2D eigenvalue weighted by Gasteiger charge is -2.38. The zero-order chi connectivity index (χ0) is 22.7. The monoisotopic (exact) mass is 439 g/mol. The fraction of sp³-hybridized carbons (Fsp3) is 0.440. The Bertz CT molecular complexity index is 1000. The standard InChI is InChI=1S/C25H29NO6/c1-29-22-12-16-8-10-26(20(15-25(28)31-3)19(16)14-23(22)30-2)24(27)13-17-9-11-32-21-7-5-4-6-18(17)21/h4-7,12,14,17,20H,8-11,13,15H2,1-3H3/t17-,20-/m0/s1. The van der Waals surface area contributed by atoms with Gasteiger partial charge in [0.15, 0.2) is 11.5 Å². The molecule has 2 atom stereocenters. The van der Waals surface area contributed by atoms with Crippen LogP contribution in [0.25, 0.3) is 0 Å². The third-order valence-corrected chi connectivity index (χ3v) is 6.41. The number of carbonyl (C=O) groups excluding carboxylic acids is 2. The largest absolute Gasteiger partial charge is 0.493 e. The van der Waals surface area contributed by atoms with Crippen molar-refractivity contribution in [1.29, 1.82) is 0 Å². The molecule has 2 aliphatic rings. The van der Waals surface area contributed by atoms with E-state index in [-0.39, 0.29) is 24.2 Å². The minimum absolute atomic E-state index is 0.0287. The minimum atomic E-state index is -0.409. The highest BCUT2D eigenvalue weighted by Gasteiger charge is 2.35. The first-order valence-corrected chi connectivity index (χ1v) is 10.9. The number of amides is 1. The summed E-state index contributed by atoms with van der Waals surface area (Å²) in [5.74, 6) is 1.84. The molecule has 0 bridgehead atoms. The number of methoxy groups -OCH3 is 3. The van der Waals surface area contributed by atoms with Crippen LogP contribution in [0.4, 0.5) is 0 Å². The summed E-state index contributed by atoms with van der Waals surface area (Å²) in [6.45, 7) is 1.13. The highest BCUT2D eigenvalue weighted by atomic mass is 16.5. The Morgan fingerprint density at radius 2 is 1.78 bits per heavy atom. The number of rotatable bonds is 6. The fourth-order valence-corrected chi connectivity index (χ4v) is 4.74. The molecule has 0 spiro atoms. The molecule has 0 radical (unpaired) electrons. The lowest BCUT2D eigenvalue weighted by Crippen LogP contribution is -2.41. The van der Waals surface area contributed by atoms with Crippen LogP contribution in [-0.4, -0.2) is 51.3 Å². The normalized spacial score (nSPS) is 19.3. The summed E-state index contributed by atoms with van der Waals surface area (Å²) in [6.07, 6.45) is 1.94. The number of esters is 1. The van der Waals surface area contributed by atoms with E-state index in [0.29, 0.717) is 37.5 Å². The molecule has 2 aliphatic heterocycles. The molecule has 0 unspecified atom stereocenters. The number of ether oxygens (including phenoxy) is 4. The molecule has 0 aromatic heterocycles. The molecule has 0 aliphatic carbocycles. The molecule has 32 heavy (non-hydrogen) atoms. The van der Waals surface area contributed by atoms with E-state index in [1.54, 1.807) is 14.2 Å². The van der Waals surface area contributed by atoms with Crippen LogP contribution in [0.5, 0.6) is 17.2 Å². The van der Waals surface area contributed by atoms with Gasteiger partial charge in [-0.15, -0.1) is 0 Å². The van der Waals surface area contributed by atoms with Crippen LogP contribution in [0, 0.1) is 0 Å². The lowest BCUT2D eigenvalue weighted by atomic mass is 9.87. The fourth-order valence-electron chi connectivity index (χ4n) is 4.74. The molecule has 1 amide bonds. The Labute approximate surface area is 188 Å². The van der Waals surface area contributed by atoms with Crippen LogP contribution in [0.2, 0.25) is 0 Å². The van der Waals surface area contributed by atoms with E-state index < -0.39 is 6.04 Å². The van der Waals surface area contributed by atoms with E-state index >= 15 is 0 Å². The zero-order valence-corrected chi connectivity index (χ0v) is 18.8. The Morgan fingerprint density at radius 3 is 2.53 bits per heavy atom. The van der Waals surface area contributed by atoms with Gasteiger partial charge in [0.2, 0.25) is 5.91 Å². The van der Waals surface area contributed by atoms with Crippen molar-refractivity contribution in [1.82, 2.24) is 4.90 Å². The summed E-state index contributed by atoms with van der Waals surface area (Å²) in [5, 5.41) is 0. The number of benzene rings is 2. The maximum atomic E-state index is 13.5. The van der Waals surface area contributed by atoms with Crippen LogP contribution in [0.3, 0.4) is 0 Å². The third-order valence-electron chi connectivity index (χ3n) is 6.41. The van der Waals surface area contributed by atoms with Gasteiger partial charge < -0.3 is 23.8 Å². The summed E-state index contributed by atoms with van der Waals surface area (Å²) in [6, 6.07) is 11.3. The van der Waals surface area contributed by atoms with Gasteiger partial charge in [0.25, 0.3) is 0 Å². The van der Waals surface area contributed by atoms with E-state index in [2.05, 4.69) is 0 Å². The first-order valence-electron chi connectivity index (χ1n) is 10.9. The first kappa shape index (κ1) is 22.0. The number of carbonyl (C=O) groups is 2. The van der Waals surface area contributed by atoms with E-state index in [0.717, 1.165) is 28.9 Å². The van der Waals surface area contributed by atoms with Gasteiger partial charge in [0, 0.05) is 13.0 Å². The second-order valence-electron chi connectivity index (χ2n) is 8.12. The van der Waals surface area contributed by atoms with Crippen molar-refractivity contribution in [2.75, 3.05) is 34.5 Å². The van der Waals surface area contributed by atoms with Gasteiger partial charge in [0.05, 0.1) is 40.4 Å². The zero-order valence-electron chi connectivity index (χ0n) is 18.8. The van der Waals surface area contributed by atoms with Crippen molar-refractivity contribution in [3.05, 3.63) is 53.1 Å². The number of para-hydroxylation sites is 1. The van der Waals surface area contributed by atoms with E-state index in [1.807, 2.05) is 41.3 Å². The van der Waals surface area contributed by atoms with E-state index in [4.69, 9.17) is 18.9 Å². The maximum absolute atomic E-state index is 13.5. The van der Waals surface area contributed by atoms with Crippen molar-refractivity contribution in [2.24, 2.45) is 0 Å². The van der Waals surface area contributed by atoms with Gasteiger partial charge >= 0.3 is 5.97 Å². The summed E-state index contributed by atoms with van der Waals surface area (Å²) >= 11 is 0. The summed E-state index contributed by atoms with van der Waals surface area (Å²) < 4.78 is 21.6. The topological polar surface area (TPSA) is 74.3 Å². The molecule has 7 nitrogen and oxygen atoms in total. The molecule has 7 heteroatoms. The van der Waals surface area contributed by atoms with Crippen LogP contribution in [0.15, 0.2) is 36.4 Å². The molecule has 0 fully saturated rings. The maximum Gasteiger partial charge on any atom is 0.307 e. The number of fused-ring (bicyclic) bond motifs is 2. The third kappa shape index (κ3) is 4.24. The second kappa shape index (κ2) is 9.51. The number of hydrogen-bond acceptors (Lipinski definition) is 6. The molecule has 170 valence electrons. The molecule has 0 saturated heterocycles. The first-order chi connectivity index (χ1) is 15.5. The minimum Gasteiger partial charge on any atom is -0.493 e. The number of hydrogen-bond donors (Lipinski definition) is 0. The van der Waals surface area contributed by atoms with Crippen molar-refractivity contribution in [3.63, 3.8) is 0 Å². The van der Waals surface area contributed by atoms with Gasteiger partial charge in [-0.05, 0) is 53.6 Å². The molecule has 4 rings (SSSR count). The Hall–Kier alpha value is -3.22. The summed E-state index contributed by atoms with van der Waals surface area (Å²) in [5.41, 5.74) is 3.03. The summed E-state index contributed by atoms with van der Waals surface area (Å²) in [7, 11) is 4.54. The average molecular weight is 440 g/mol. The van der Waals surface area contributed by atoms with Crippen LogP contribution >= 0.6 is 0 Å². The van der Waals surface area contributed by atoms with Gasteiger partial charge in [0.1, 0.15) is 5.75 Å². The van der Waals surface area contributed by atoms with Crippen molar-refractivity contribution in [2.45, 2.75) is 37.6 Å². The van der Waals surface area contributed by atoms with Gasteiger partial charge in [-0.2, -0.15) is 0 Å². The van der Waals surface area contributed by atoms with Crippen LogP contribution < -0.4 is 14.2 Å². The molecule has 2 aromatic carbocycles. The smallest absolute Gasteiger partial charge is 0.307 e. The van der Waals surface area contributed by atoms with E-state index in [9.17, 15) is 9.59 Å². The Morgan fingerprint density at radius 1 is 1.03 bits per heavy atom. The van der Waals surface area contributed by atoms with Crippen molar-refractivity contribution in [3.8, 4) is 17.2 Å².